The highest BCUT2D eigenvalue weighted by Crippen LogP contribution is 2.28. The molecule has 0 aliphatic rings. The van der Waals surface area contributed by atoms with Gasteiger partial charge in [0, 0.05) is 9.13 Å². The van der Waals surface area contributed by atoms with Crippen molar-refractivity contribution < 1.29 is 13.2 Å². The summed E-state index contributed by atoms with van der Waals surface area (Å²) in [6, 6.07) is 6.43. The van der Waals surface area contributed by atoms with Crippen molar-refractivity contribution in [1.82, 2.24) is 5.43 Å². The van der Waals surface area contributed by atoms with Crippen LogP contribution in [0, 0.1) is 21.0 Å². The highest BCUT2D eigenvalue weighted by molar-refractivity contribution is 14.1. The first kappa shape index (κ1) is 14.3. The summed E-state index contributed by atoms with van der Waals surface area (Å²) in [6.45, 7) is 0. The van der Waals surface area contributed by atoms with E-state index in [2.05, 4.69) is 5.43 Å². The molecule has 1 atom stereocenters. The van der Waals surface area contributed by atoms with Crippen molar-refractivity contribution in [3.05, 3.63) is 68.5 Å². The number of benzene rings is 2. The van der Waals surface area contributed by atoms with Gasteiger partial charge < -0.3 is 0 Å². The van der Waals surface area contributed by atoms with Gasteiger partial charge in [-0.3, -0.25) is 5.84 Å². The van der Waals surface area contributed by atoms with Gasteiger partial charge in [-0.25, -0.2) is 18.6 Å². The first-order valence-electron chi connectivity index (χ1n) is 5.39. The van der Waals surface area contributed by atoms with E-state index in [9.17, 15) is 13.2 Å². The molecule has 0 bridgehead atoms. The van der Waals surface area contributed by atoms with E-state index in [1.165, 1.54) is 18.2 Å². The lowest BCUT2D eigenvalue weighted by Crippen LogP contribution is -2.30. The maximum atomic E-state index is 13.8. The predicted molar refractivity (Wildman–Crippen MR) is 74.6 cm³/mol. The first-order chi connectivity index (χ1) is 9.02. The van der Waals surface area contributed by atoms with E-state index in [0.29, 0.717) is 9.13 Å². The van der Waals surface area contributed by atoms with Gasteiger partial charge in [-0.2, -0.15) is 0 Å². The minimum Gasteiger partial charge on any atom is -0.271 e. The molecule has 0 heterocycles. The van der Waals surface area contributed by atoms with Crippen LogP contribution in [0.2, 0.25) is 0 Å². The topological polar surface area (TPSA) is 38.0 Å². The molecule has 0 amide bonds. The number of hydrazine groups is 1. The number of hydrogen-bond donors (Lipinski definition) is 2. The lowest BCUT2D eigenvalue weighted by atomic mass is 9.98. The summed E-state index contributed by atoms with van der Waals surface area (Å²) in [5, 5.41) is 0. The van der Waals surface area contributed by atoms with Crippen LogP contribution in [0.4, 0.5) is 13.2 Å². The third-order valence-electron chi connectivity index (χ3n) is 2.71. The zero-order valence-electron chi connectivity index (χ0n) is 9.63. The van der Waals surface area contributed by atoms with E-state index in [4.69, 9.17) is 5.84 Å². The fourth-order valence-electron chi connectivity index (χ4n) is 1.82. The second-order valence-corrected chi connectivity index (χ2v) is 5.09. The Hall–Kier alpha value is -1.12. The van der Waals surface area contributed by atoms with E-state index < -0.39 is 23.5 Å². The van der Waals surface area contributed by atoms with Gasteiger partial charge in [0.05, 0.1) is 6.04 Å². The highest BCUT2D eigenvalue weighted by atomic mass is 127. The fourth-order valence-corrected chi connectivity index (χ4v) is 2.61. The largest absolute Gasteiger partial charge is 0.271 e. The molecule has 0 saturated heterocycles. The van der Waals surface area contributed by atoms with Crippen LogP contribution < -0.4 is 11.3 Å². The Balaban J connectivity index is 2.52. The van der Waals surface area contributed by atoms with Crippen molar-refractivity contribution in [3.63, 3.8) is 0 Å². The average molecular weight is 378 g/mol. The van der Waals surface area contributed by atoms with E-state index >= 15 is 0 Å². The van der Waals surface area contributed by atoms with Crippen molar-refractivity contribution in [3.8, 4) is 0 Å². The molecule has 2 aromatic rings. The van der Waals surface area contributed by atoms with Gasteiger partial charge in [-0.05, 0) is 58.5 Å². The van der Waals surface area contributed by atoms with Crippen molar-refractivity contribution in [1.29, 1.82) is 0 Å². The molecule has 100 valence electrons. The first-order valence-corrected chi connectivity index (χ1v) is 6.47. The van der Waals surface area contributed by atoms with Gasteiger partial charge in [0.15, 0.2) is 0 Å². The van der Waals surface area contributed by atoms with Crippen LogP contribution in [0.15, 0.2) is 36.4 Å². The number of nitrogens with one attached hydrogen (secondary N) is 1. The average Bonchev–Trinajstić information content (AvgIpc) is 2.36. The maximum absolute atomic E-state index is 13.8. The predicted octanol–water partition coefficient (Wildman–Crippen LogP) is 3.26. The molecule has 0 aromatic heterocycles. The monoisotopic (exact) mass is 378 g/mol. The minimum absolute atomic E-state index is 0.0759. The highest BCUT2D eigenvalue weighted by Gasteiger charge is 2.19. The van der Waals surface area contributed by atoms with Crippen LogP contribution in [0.25, 0.3) is 0 Å². The van der Waals surface area contributed by atoms with Gasteiger partial charge in [-0.15, -0.1) is 0 Å². The van der Waals surface area contributed by atoms with E-state index in [-0.39, 0.29) is 5.56 Å². The molecule has 2 nitrogen and oxygen atoms in total. The summed E-state index contributed by atoms with van der Waals surface area (Å²) in [6.07, 6.45) is 0. The summed E-state index contributed by atoms with van der Waals surface area (Å²) >= 11 is 1.92. The number of halogens is 4. The quantitative estimate of drug-likeness (QED) is 0.489. The van der Waals surface area contributed by atoms with Gasteiger partial charge >= 0.3 is 0 Å². The van der Waals surface area contributed by atoms with Crippen LogP contribution in [-0.2, 0) is 0 Å². The molecule has 1 unspecified atom stereocenters. The molecule has 2 aromatic carbocycles. The molecule has 2 rings (SSSR count). The normalized spacial score (nSPS) is 12.5. The van der Waals surface area contributed by atoms with Crippen molar-refractivity contribution in [2.24, 2.45) is 5.84 Å². The Labute approximate surface area is 121 Å². The Bertz CT molecular complexity index is 604. The molecule has 19 heavy (non-hydrogen) atoms. The summed E-state index contributed by atoms with van der Waals surface area (Å²) < 4.78 is 40.6. The zero-order valence-corrected chi connectivity index (χ0v) is 11.8. The van der Waals surface area contributed by atoms with Crippen LogP contribution in [0.1, 0.15) is 17.2 Å². The molecule has 0 radical (unpaired) electrons. The van der Waals surface area contributed by atoms with Gasteiger partial charge in [0.25, 0.3) is 0 Å². The second kappa shape index (κ2) is 5.89. The Morgan fingerprint density at radius 3 is 2.21 bits per heavy atom. The van der Waals surface area contributed by atoms with Crippen LogP contribution in [0.3, 0.4) is 0 Å². The fraction of sp³-hybridized carbons (Fsp3) is 0.0769. The smallest absolute Gasteiger partial charge is 0.128 e. The molecule has 0 aliphatic heterocycles. The SMILES string of the molecule is NNC(c1cc(F)ccc1F)c1ccc(F)cc1I. The van der Waals surface area contributed by atoms with Gasteiger partial charge in [0.2, 0.25) is 0 Å². The third-order valence-corrected chi connectivity index (χ3v) is 3.64. The molecule has 6 heteroatoms. The van der Waals surface area contributed by atoms with Crippen molar-refractivity contribution in [2.45, 2.75) is 6.04 Å². The molecule has 3 N–H and O–H groups in total. The van der Waals surface area contributed by atoms with Crippen LogP contribution in [0.5, 0.6) is 0 Å². The minimum atomic E-state index is -0.747. The van der Waals surface area contributed by atoms with Crippen LogP contribution >= 0.6 is 22.6 Å². The molecule has 0 aliphatic carbocycles. The Kier molecular flexibility index (Phi) is 4.43. The number of hydrogen-bond acceptors (Lipinski definition) is 2. The van der Waals surface area contributed by atoms with Gasteiger partial charge in [0.1, 0.15) is 17.5 Å². The second-order valence-electron chi connectivity index (χ2n) is 3.93. The van der Waals surface area contributed by atoms with Crippen molar-refractivity contribution in [2.75, 3.05) is 0 Å². The maximum Gasteiger partial charge on any atom is 0.128 e. The summed E-state index contributed by atoms with van der Waals surface area (Å²) in [7, 11) is 0. The summed E-state index contributed by atoms with van der Waals surface area (Å²) in [4.78, 5) is 0. The molecule has 0 saturated carbocycles. The Morgan fingerprint density at radius 2 is 1.58 bits per heavy atom. The van der Waals surface area contributed by atoms with Crippen LogP contribution in [-0.4, -0.2) is 0 Å². The number of rotatable bonds is 3. The van der Waals surface area contributed by atoms with E-state index in [1.54, 1.807) is 0 Å². The third kappa shape index (κ3) is 3.07. The summed E-state index contributed by atoms with van der Waals surface area (Å²) in [5.74, 6) is 3.89. The van der Waals surface area contributed by atoms with E-state index in [0.717, 1.165) is 18.2 Å². The summed E-state index contributed by atoms with van der Waals surface area (Å²) in [5.41, 5.74) is 3.08. The van der Waals surface area contributed by atoms with Crippen molar-refractivity contribution >= 4 is 22.6 Å². The standard InChI is InChI=1S/C13H10F3IN2/c14-7-2-4-11(16)10(5-7)13(19-18)9-3-1-8(15)6-12(9)17/h1-6,13,19H,18H2. The molecule has 0 fully saturated rings. The molecule has 0 spiro atoms. The van der Waals surface area contributed by atoms with E-state index in [1.807, 2.05) is 22.6 Å². The zero-order chi connectivity index (χ0) is 14.0. The Morgan fingerprint density at radius 1 is 0.947 bits per heavy atom. The lowest BCUT2D eigenvalue weighted by Gasteiger charge is -2.19. The lowest BCUT2D eigenvalue weighted by molar-refractivity contribution is 0.543. The molecular weight excluding hydrogens is 368 g/mol. The number of nitrogens with two attached hydrogens (primary N) is 1. The van der Waals surface area contributed by atoms with Gasteiger partial charge in [-0.1, -0.05) is 6.07 Å². The molecular formula is C13H10F3IN2.